The fourth-order valence-corrected chi connectivity index (χ4v) is 5.03. The largest absolute Gasteiger partial charge is 0.479 e. The third kappa shape index (κ3) is 8.09. The fourth-order valence-electron chi connectivity index (χ4n) is 5.03. The van der Waals surface area contributed by atoms with E-state index in [0.29, 0.717) is 32.4 Å². The summed E-state index contributed by atoms with van der Waals surface area (Å²) >= 11 is 0. The summed E-state index contributed by atoms with van der Waals surface area (Å²) in [5.74, 6) is -0.603. The van der Waals surface area contributed by atoms with E-state index >= 15 is 0 Å². The Labute approximate surface area is 202 Å². The van der Waals surface area contributed by atoms with Gasteiger partial charge >= 0.3 is 11.9 Å². The molecule has 3 rings (SSSR count). The predicted molar refractivity (Wildman–Crippen MR) is 128 cm³/mol. The summed E-state index contributed by atoms with van der Waals surface area (Å²) in [5.41, 5.74) is 1.29. The molecule has 0 aromatic heterocycles. The van der Waals surface area contributed by atoms with Crippen molar-refractivity contribution in [3.05, 3.63) is 0 Å². The van der Waals surface area contributed by atoms with E-state index in [1.165, 1.54) is 12.8 Å². The van der Waals surface area contributed by atoms with Crippen molar-refractivity contribution in [1.82, 2.24) is 5.32 Å². The number of hydrogen-bond acceptors (Lipinski definition) is 8. The van der Waals surface area contributed by atoms with Gasteiger partial charge in [0.1, 0.15) is 13.2 Å². The van der Waals surface area contributed by atoms with E-state index in [1.54, 1.807) is 0 Å². The molecule has 3 aliphatic rings. The van der Waals surface area contributed by atoms with Crippen LogP contribution >= 0.6 is 0 Å². The molecule has 3 unspecified atom stereocenters. The number of nitrogens with one attached hydrogen (secondary N) is 1. The lowest BCUT2D eigenvalue weighted by Crippen LogP contribution is -2.36. The van der Waals surface area contributed by atoms with Crippen LogP contribution < -0.4 is 5.32 Å². The minimum Gasteiger partial charge on any atom is -0.479 e. The molecule has 3 atom stereocenters. The number of esters is 2. The van der Waals surface area contributed by atoms with Gasteiger partial charge < -0.3 is 19.5 Å². The van der Waals surface area contributed by atoms with Crippen LogP contribution in [0.1, 0.15) is 70.6 Å². The Bertz CT molecular complexity index is 766. The van der Waals surface area contributed by atoms with Crippen LogP contribution in [0, 0.1) is 17.8 Å². The SMILES string of the molecule is COC(=O)C1CCCCC1C(=O)OCCNC(=O)CCCC(CCC1=NCCC1)C1=NCCO1. The summed E-state index contributed by atoms with van der Waals surface area (Å²) in [6.45, 7) is 2.67. The lowest BCUT2D eigenvalue weighted by molar-refractivity contribution is -0.161. The summed E-state index contributed by atoms with van der Waals surface area (Å²) < 4.78 is 15.9. The first-order valence-corrected chi connectivity index (χ1v) is 12.8. The van der Waals surface area contributed by atoms with Crippen molar-refractivity contribution in [3.63, 3.8) is 0 Å². The molecule has 0 radical (unpaired) electrons. The first-order valence-electron chi connectivity index (χ1n) is 12.8. The monoisotopic (exact) mass is 477 g/mol. The third-order valence-corrected chi connectivity index (χ3v) is 6.90. The molecule has 0 saturated heterocycles. The van der Waals surface area contributed by atoms with E-state index in [1.807, 2.05) is 0 Å². The minimum atomic E-state index is -0.454. The van der Waals surface area contributed by atoms with Gasteiger partial charge in [-0.1, -0.05) is 12.8 Å². The molecule has 1 saturated carbocycles. The van der Waals surface area contributed by atoms with Crippen LogP contribution in [0.3, 0.4) is 0 Å². The van der Waals surface area contributed by atoms with Crippen molar-refractivity contribution in [2.45, 2.75) is 70.6 Å². The van der Waals surface area contributed by atoms with Crippen molar-refractivity contribution < 1.29 is 28.6 Å². The maximum atomic E-state index is 12.4. The van der Waals surface area contributed by atoms with Gasteiger partial charge in [0.25, 0.3) is 0 Å². The Morgan fingerprint density at radius 3 is 2.53 bits per heavy atom. The van der Waals surface area contributed by atoms with Gasteiger partial charge in [0, 0.05) is 24.6 Å². The van der Waals surface area contributed by atoms with E-state index in [9.17, 15) is 14.4 Å². The highest BCUT2D eigenvalue weighted by atomic mass is 16.5. The number of nitrogens with zero attached hydrogens (tertiary/aromatic N) is 2. The van der Waals surface area contributed by atoms with Gasteiger partial charge in [-0.3, -0.25) is 24.4 Å². The van der Waals surface area contributed by atoms with E-state index in [2.05, 4.69) is 15.3 Å². The number of rotatable bonds is 13. The standard InChI is InChI=1S/C25H39N3O6/c1-32-24(30)20-8-2-3-9-21(20)25(31)34-17-14-27-22(29)10-4-6-18(23-28-15-16-33-23)11-12-19-7-5-13-26-19/h18,20-21H,2-17H2,1H3,(H,27,29). The van der Waals surface area contributed by atoms with E-state index in [4.69, 9.17) is 14.2 Å². The first kappa shape index (κ1) is 26.2. The molecule has 1 fully saturated rings. The lowest BCUT2D eigenvalue weighted by atomic mass is 9.79. The number of carbonyl (C=O) groups excluding carboxylic acids is 3. The molecule has 190 valence electrons. The molecule has 0 spiro atoms. The van der Waals surface area contributed by atoms with Crippen LogP contribution in [0.25, 0.3) is 0 Å². The van der Waals surface area contributed by atoms with Gasteiger partial charge in [0.05, 0.1) is 32.0 Å². The number of aliphatic imine (C=N–C) groups is 2. The van der Waals surface area contributed by atoms with Crippen molar-refractivity contribution in [1.29, 1.82) is 0 Å². The molecule has 2 aliphatic heterocycles. The molecule has 1 aliphatic carbocycles. The molecular weight excluding hydrogens is 438 g/mol. The van der Waals surface area contributed by atoms with Crippen molar-refractivity contribution >= 4 is 29.5 Å². The third-order valence-electron chi connectivity index (χ3n) is 6.90. The highest BCUT2D eigenvalue weighted by molar-refractivity contribution is 5.87. The predicted octanol–water partition coefficient (Wildman–Crippen LogP) is 2.86. The second-order valence-corrected chi connectivity index (χ2v) is 9.29. The van der Waals surface area contributed by atoms with E-state index in [0.717, 1.165) is 63.8 Å². The molecule has 0 bridgehead atoms. The normalized spacial score (nSPS) is 22.9. The Morgan fingerprint density at radius 1 is 1.06 bits per heavy atom. The van der Waals surface area contributed by atoms with Crippen LogP contribution in [-0.4, -0.2) is 69.4 Å². The zero-order valence-electron chi connectivity index (χ0n) is 20.4. The van der Waals surface area contributed by atoms with Crippen LogP contribution in [0.5, 0.6) is 0 Å². The second-order valence-electron chi connectivity index (χ2n) is 9.29. The summed E-state index contributed by atoms with van der Waals surface area (Å²) in [6.07, 6.45) is 9.28. The highest BCUT2D eigenvalue weighted by Gasteiger charge is 2.37. The molecule has 0 aromatic carbocycles. The van der Waals surface area contributed by atoms with Crippen LogP contribution in [0.2, 0.25) is 0 Å². The second kappa shape index (κ2) is 14.1. The number of amides is 1. The zero-order chi connectivity index (χ0) is 24.2. The maximum Gasteiger partial charge on any atom is 0.309 e. The molecular formula is C25H39N3O6. The van der Waals surface area contributed by atoms with Crippen molar-refractivity contribution in [2.75, 3.05) is 40.0 Å². The van der Waals surface area contributed by atoms with Gasteiger partial charge in [-0.05, 0) is 51.4 Å². The summed E-state index contributed by atoms with van der Waals surface area (Å²) in [5, 5.41) is 2.82. The molecule has 9 nitrogen and oxygen atoms in total. The van der Waals surface area contributed by atoms with Crippen molar-refractivity contribution in [2.24, 2.45) is 27.7 Å². The lowest BCUT2D eigenvalue weighted by Gasteiger charge is -2.27. The van der Waals surface area contributed by atoms with Crippen LogP contribution in [-0.2, 0) is 28.6 Å². The van der Waals surface area contributed by atoms with Gasteiger partial charge in [0.15, 0.2) is 5.90 Å². The molecule has 2 heterocycles. The number of ether oxygens (including phenoxy) is 3. The van der Waals surface area contributed by atoms with E-state index in [-0.39, 0.29) is 36.9 Å². The quantitative estimate of drug-likeness (QED) is 0.322. The van der Waals surface area contributed by atoms with Gasteiger partial charge in [-0.25, -0.2) is 0 Å². The Balaban J connectivity index is 1.31. The summed E-state index contributed by atoms with van der Waals surface area (Å²) in [6, 6.07) is 0. The Kier molecular flexibility index (Phi) is 10.8. The Morgan fingerprint density at radius 2 is 1.85 bits per heavy atom. The maximum absolute atomic E-state index is 12.4. The Hall–Kier alpha value is -2.45. The minimum absolute atomic E-state index is 0.0608. The number of hydrogen-bond donors (Lipinski definition) is 1. The topological polar surface area (TPSA) is 116 Å². The average Bonchev–Trinajstić information content (AvgIpc) is 3.58. The molecule has 1 N–H and O–H groups in total. The molecule has 9 heteroatoms. The molecule has 0 aromatic rings. The smallest absolute Gasteiger partial charge is 0.309 e. The number of carbonyl (C=O) groups is 3. The van der Waals surface area contributed by atoms with Gasteiger partial charge in [-0.15, -0.1) is 0 Å². The zero-order valence-corrected chi connectivity index (χ0v) is 20.4. The molecule has 1 amide bonds. The summed E-state index contributed by atoms with van der Waals surface area (Å²) in [7, 11) is 1.34. The van der Waals surface area contributed by atoms with Gasteiger partial charge in [0.2, 0.25) is 5.91 Å². The summed E-state index contributed by atoms with van der Waals surface area (Å²) in [4.78, 5) is 45.7. The fraction of sp³-hybridized carbons (Fsp3) is 0.800. The van der Waals surface area contributed by atoms with Gasteiger partial charge in [-0.2, -0.15) is 0 Å². The first-order chi connectivity index (χ1) is 16.6. The van der Waals surface area contributed by atoms with Crippen LogP contribution in [0.4, 0.5) is 0 Å². The van der Waals surface area contributed by atoms with Crippen LogP contribution in [0.15, 0.2) is 9.98 Å². The number of methoxy groups -OCH3 is 1. The van der Waals surface area contributed by atoms with Crippen molar-refractivity contribution in [3.8, 4) is 0 Å². The molecule has 34 heavy (non-hydrogen) atoms. The average molecular weight is 478 g/mol. The highest BCUT2D eigenvalue weighted by Crippen LogP contribution is 2.31. The van der Waals surface area contributed by atoms with E-state index < -0.39 is 11.8 Å².